The molecule has 0 bridgehead atoms. The van der Waals surface area contributed by atoms with Gasteiger partial charge in [-0.3, -0.25) is 24.6 Å². The van der Waals surface area contributed by atoms with Crippen molar-refractivity contribution in [3.8, 4) is 0 Å². The molecule has 27 heavy (non-hydrogen) atoms. The number of nitrogens with zero attached hydrogens (tertiary/aromatic N) is 3. The van der Waals surface area contributed by atoms with E-state index in [1.54, 1.807) is 11.9 Å². The van der Waals surface area contributed by atoms with Crippen LogP contribution in [0.5, 0.6) is 0 Å². The van der Waals surface area contributed by atoms with E-state index in [-0.39, 0.29) is 36.0 Å². The van der Waals surface area contributed by atoms with Crippen LogP contribution in [0.1, 0.15) is 38.2 Å². The van der Waals surface area contributed by atoms with Crippen LogP contribution >= 0.6 is 0 Å². The number of likely N-dealkylation sites (N-methyl/N-ethyl adjacent to an activating group) is 1. The number of hydrogen-bond acceptors (Lipinski definition) is 6. The minimum atomic E-state index is -0.515. The van der Waals surface area contributed by atoms with Crippen LogP contribution in [0.2, 0.25) is 0 Å². The van der Waals surface area contributed by atoms with Gasteiger partial charge in [0.2, 0.25) is 0 Å². The quantitative estimate of drug-likeness (QED) is 0.291. The summed E-state index contributed by atoms with van der Waals surface area (Å²) in [6, 6.07) is 5.58. The molecule has 1 N–H and O–H groups in total. The van der Waals surface area contributed by atoms with Gasteiger partial charge in [-0.1, -0.05) is 26.2 Å². The molecular weight excluding hydrogens is 350 g/mol. The summed E-state index contributed by atoms with van der Waals surface area (Å²) in [5, 5.41) is 20.1. The highest BCUT2D eigenvalue weighted by Crippen LogP contribution is 2.32. The lowest BCUT2D eigenvalue weighted by Gasteiger charge is -2.20. The zero-order chi connectivity index (χ0) is 20.0. The maximum atomic E-state index is 12.9. The Kier molecular flexibility index (Phi) is 7.06. The minimum Gasteiger partial charge on any atom is -0.395 e. The van der Waals surface area contributed by atoms with Crippen LogP contribution in [0.25, 0.3) is 5.57 Å². The molecule has 1 aliphatic rings. The lowest BCUT2D eigenvalue weighted by Crippen LogP contribution is -2.35. The van der Waals surface area contributed by atoms with Gasteiger partial charge in [-0.05, 0) is 24.1 Å². The SMILES string of the molecule is CCCCCCN1C(=O)C(c2ccc([N+](=O)[O-])cc2)=C(N(C)CCO)C1=O. The van der Waals surface area contributed by atoms with E-state index in [2.05, 4.69) is 6.92 Å². The number of benzene rings is 1. The molecule has 0 radical (unpaired) electrons. The highest BCUT2D eigenvalue weighted by molar-refractivity contribution is 6.35. The van der Waals surface area contributed by atoms with Crippen molar-refractivity contribution in [1.82, 2.24) is 9.80 Å². The fraction of sp³-hybridized carbons (Fsp3) is 0.474. The Morgan fingerprint density at radius 3 is 2.33 bits per heavy atom. The predicted octanol–water partition coefficient (Wildman–Crippen LogP) is 2.18. The average Bonchev–Trinajstić information content (AvgIpc) is 2.89. The number of imide groups is 1. The monoisotopic (exact) mass is 375 g/mol. The van der Waals surface area contributed by atoms with Gasteiger partial charge in [0.1, 0.15) is 5.70 Å². The van der Waals surface area contributed by atoms with E-state index < -0.39 is 10.8 Å². The molecule has 1 aliphatic heterocycles. The number of nitro benzene ring substituents is 1. The van der Waals surface area contributed by atoms with Gasteiger partial charge in [0, 0.05) is 32.3 Å². The van der Waals surface area contributed by atoms with Crippen LogP contribution in [0.4, 0.5) is 5.69 Å². The third kappa shape index (κ3) is 4.51. The van der Waals surface area contributed by atoms with Gasteiger partial charge in [0.25, 0.3) is 17.5 Å². The Morgan fingerprint density at radius 1 is 1.11 bits per heavy atom. The van der Waals surface area contributed by atoms with Crippen molar-refractivity contribution in [2.24, 2.45) is 0 Å². The molecule has 0 atom stereocenters. The third-order valence-corrected chi connectivity index (χ3v) is 4.56. The highest BCUT2D eigenvalue weighted by atomic mass is 16.6. The van der Waals surface area contributed by atoms with Crippen LogP contribution in [0.3, 0.4) is 0 Å². The van der Waals surface area contributed by atoms with Crippen LogP contribution in [-0.2, 0) is 9.59 Å². The summed E-state index contributed by atoms with van der Waals surface area (Å²) in [6.07, 6.45) is 3.76. The van der Waals surface area contributed by atoms with Gasteiger partial charge in [0.15, 0.2) is 0 Å². The number of unbranched alkanes of at least 4 members (excludes halogenated alkanes) is 3. The van der Waals surface area contributed by atoms with Crippen LogP contribution in [0, 0.1) is 10.1 Å². The summed E-state index contributed by atoms with van der Waals surface area (Å²) in [7, 11) is 1.64. The highest BCUT2D eigenvalue weighted by Gasteiger charge is 2.40. The molecule has 0 spiro atoms. The molecular formula is C19H25N3O5. The fourth-order valence-electron chi connectivity index (χ4n) is 3.09. The second kappa shape index (κ2) is 9.27. The molecule has 0 aromatic heterocycles. The number of carbonyl (C=O) groups excluding carboxylic acids is 2. The van der Waals surface area contributed by atoms with E-state index in [0.717, 1.165) is 25.7 Å². The summed E-state index contributed by atoms with van der Waals surface area (Å²) in [5.41, 5.74) is 0.812. The molecule has 0 unspecified atom stereocenters. The third-order valence-electron chi connectivity index (χ3n) is 4.56. The Bertz CT molecular complexity index is 742. The van der Waals surface area contributed by atoms with Crippen LogP contribution < -0.4 is 0 Å². The van der Waals surface area contributed by atoms with Crippen LogP contribution in [0.15, 0.2) is 30.0 Å². The first-order chi connectivity index (χ1) is 12.9. The van der Waals surface area contributed by atoms with Gasteiger partial charge in [-0.15, -0.1) is 0 Å². The smallest absolute Gasteiger partial charge is 0.277 e. The maximum absolute atomic E-state index is 12.9. The topological polar surface area (TPSA) is 104 Å². The Balaban J connectivity index is 2.36. The van der Waals surface area contributed by atoms with Crippen molar-refractivity contribution < 1.29 is 19.6 Å². The molecule has 1 aromatic carbocycles. The number of nitro groups is 1. The van der Waals surface area contributed by atoms with Crippen molar-refractivity contribution in [2.45, 2.75) is 32.6 Å². The number of aliphatic hydroxyl groups is 1. The van der Waals surface area contributed by atoms with Crippen molar-refractivity contribution >= 4 is 23.1 Å². The summed E-state index contributed by atoms with van der Waals surface area (Å²) < 4.78 is 0. The number of amides is 2. The minimum absolute atomic E-state index is 0.0854. The number of rotatable bonds is 10. The Hall–Kier alpha value is -2.74. The van der Waals surface area contributed by atoms with Gasteiger partial charge in [-0.2, -0.15) is 0 Å². The Labute approximate surface area is 158 Å². The van der Waals surface area contributed by atoms with Gasteiger partial charge in [-0.25, -0.2) is 0 Å². The van der Waals surface area contributed by atoms with E-state index in [1.807, 2.05) is 0 Å². The summed E-state index contributed by atoms with van der Waals surface area (Å²) >= 11 is 0. The van der Waals surface area contributed by atoms with Crippen LogP contribution in [-0.4, -0.2) is 58.4 Å². The van der Waals surface area contributed by atoms with E-state index in [9.17, 15) is 24.8 Å². The zero-order valence-electron chi connectivity index (χ0n) is 15.7. The molecule has 8 nitrogen and oxygen atoms in total. The average molecular weight is 375 g/mol. The molecule has 2 rings (SSSR count). The van der Waals surface area contributed by atoms with Crippen molar-refractivity contribution in [1.29, 1.82) is 0 Å². The molecule has 146 valence electrons. The van der Waals surface area contributed by atoms with Gasteiger partial charge < -0.3 is 10.0 Å². The van der Waals surface area contributed by atoms with E-state index in [4.69, 9.17) is 0 Å². The summed E-state index contributed by atoms with van der Waals surface area (Å²) in [4.78, 5) is 38.9. The fourth-order valence-corrected chi connectivity index (χ4v) is 3.09. The molecule has 0 aliphatic carbocycles. The van der Waals surface area contributed by atoms with Gasteiger partial charge >= 0.3 is 0 Å². The first kappa shape index (κ1) is 20.6. The number of carbonyl (C=O) groups is 2. The second-order valence-electron chi connectivity index (χ2n) is 6.50. The summed E-state index contributed by atoms with van der Waals surface area (Å²) in [6.45, 7) is 2.47. The molecule has 0 fully saturated rings. The maximum Gasteiger partial charge on any atom is 0.277 e. The molecule has 0 saturated carbocycles. The normalized spacial score (nSPS) is 14.3. The Morgan fingerprint density at radius 2 is 1.78 bits per heavy atom. The lowest BCUT2D eigenvalue weighted by molar-refractivity contribution is -0.384. The molecule has 0 saturated heterocycles. The number of hydrogen-bond donors (Lipinski definition) is 1. The van der Waals surface area contributed by atoms with Crippen molar-refractivity contribution in [3.05, 3.63) is 45.6 Å². The van der Waals surface area contributed by atoms with E-state index >= 15 is 0 Å². The molecule has 1 heterocycles. The molecule has 2 amide bonds. The first-order valence-corrected chi connectivity index (χ1v) is 9.09. The van der Waals surface area contributed by atoms with Crippen molar-refractivity contribution in [3.63, 3.8) is 0 Å². The van der Waals surface area contributed by atoms with Crippen molar-refractivity contribution in [2.75, 3.05) is 26.7 Å². The molecule has 8 heteroatoms. The largest absolute Gasteiger partial charge is 0.395 e. The molecule has 1 aromatic rings. The standard InChI is InChI=1S/C19H25N3O5/c1-3-4-5-6-11-21-18(24)16(17(19(21)25)20(2)12-13-23)14-7-9-15(10-8-14)22(26)27/h7-10,23H,3-6,11-13H2,1-2H3. The van der Waals surface area contributed by atoms with Gasteiger partial charge in [0.05, 0.1) is 17.1 Å². The zero-order valence-corrected chi connectivity index (χ0v) is 15.7. The van der Waals surface area contributed by atoms with E-state index in [1.165, 1.54) is 29.2 Å². The number of non-ortho nitro benzene ring substituents is 1. The first-order valence-electron chi connectivity index (χ1n) is 9.09. The number of aliphatic hydroxyl groups excluding tert-OH is 1. The second-order valence-corrected chi connectivity index (χ2v) is 6.50. The summed E-state index contributed by atoms with van der Waals surface area (Å²) in [5.74, 6) is -0.786. The van der Waals surface area contributed by atoms with E-state index in [0.29, 0.717) is 12.1 Å². The lowest BCUT2D eigenvalue weighted by atomic mass is 10.0. The predicted molar refractivity (Wildman–Crippen MR) is 101 cm³/mol.